The molecule has 0 saturated carbocycles. The summed E-state index contributed by atoms with van der Waals surface area (Å²) in [6.45, 7) is 0. The molecule has 0 spiro atoms. The minimum absolute atomic E-state index is 0.316. The van der Waals surface area contributed by atoms with Gasteiger partial charge in [0.25, 0.3) is 0 Å². The van der Waals surface area contributed by atoms with Crippen molar-refractivity contribution in [1.29, 1.82) is 0 Å². The number of hydrogen-bond acceptors (Lipinski definition) is 6. The van der Waals surface area contributed by atoms with Gasteiger partial charge in [0.15, 0.2) is 17.2 Å². The van der Waals surface area contributed by atoms with E-state index in [1.54, 1.807) is 36.5 Å². The van der Waals surface area contributed by atoms with Crippen LogP contribution in [0, 0.1) is 0 Å². The molecule has 0 aromatic carbocycles. The van der Waals surface area contributed by atoms with Gasteiger partial charge in [-0.25, -0.2) is 9.78 Å². The third kappa shape index (κ3) is 2.94. The van der Waals surface area contributed by atoms with Crippen molar-refractivity contribution in [2.24, 2.45) is 0 Å². The third-order valence-corrected chi connectivity index (χ3v) is 3.35. The van der Waals surface area contributed by atoms with Crippen LogP contribution in [0.2, 0.25) is 0 Å². The molecule has 0 aliphatic carbocycles. The Balaban J connectivity index is 1.69. The number of ether oxygens (including phenoxy) is 1. The molecule has 0 saturated heterocycles. The maximum absolute atomic E-state index is 12.2. The number of rotatable bonds is 3. The number of anilines is 1. The van der Waals surface area contributed by atoms with Crippen molar-refractivity contribution in [3.05, 3.63) is 55.2 Å². The van der Waals surface area contributed by atoms with Gasteiger partial charge in [0.1, 0.15) is 19.4 Å². The van der Waals surface area contributed by atoms with Gasteiger partial charge in [-0.1, -0.05) is 0 Å². The predicted molar refractivity (Wildman–Crippen MR) is 90.0 cm³/mol. The molecular formula is C16H10BN5O3. The quantitative estimate of drug-likeness (QED) is 0.575. The van der Waals surface area contributed by atoms with E-state index >= 15 is 0 Å². The smallest absolute Gasteiger partial charge is 0.418 e. The molecule has 8 nitrogen and oxygen atoms in total. The SMILES string of the molecule is [B]c1cnn2c(NC(=O)Oc3cccnc3)cc(-c3ccco3)nc12. The molecule has 1 N–H and O–H groups in total. The van der Waals surface area contributed by atoms with Gasteiger partial charge in [0.05, 0.1) is 12.5 Å². The average Bonchev–Trinajstić information content (AvgIpc) is 3.26. The number of hydrogen-bond donors (Lipinski definition) is 1. The van der Waals surface area contributed by atoms with Crippen LogP contribution in [0.4, 0.5) is 10.6 Å². The number of fused-ring (bicyclic) bond motifs is 1. The average molecular weight is 331 g/mol. The van der Waals surface area contributed by atoms with Gasteiger partial charge in [-0.05, 0) is 29.7 Å². The summed E-state index contributed by atoms with van der Waals surface area (Å²) in [7, 11) is 5.89. The van der Waals surface area contributed by atoms with Gasteiger partial charge in [-0.15, -0.1) is 0 Å². The summed E-state index contributed by atoms with van der Waals surface area (Å²) in [5.41, 5.74) is 1.27. The Hall–Kier alpha value is -3.62. The first-order chi connectivity index (χ1) is 12.2. The number of furan rings is 1. The fraction of sp³-hybridized carbons (Fsp3) is 0. The summed E-state index contributed by atoms with van der Waals surface area (Å²) in [4.78, 5) is 20.4. The Bertz CT molecular complexity index is 1030. The van der Waals surface area contributed by atoms with E-state index in [1.807, 2.05) is 0 Å². The lowest BCUT2D eigenvalue weighted by Gasteiger charge is -2.09. The van der Waals surface area contributed by atoms with Crippen molar-refractivity contribution in [2.45, 2.75) is 0 Å². The van der Waals surface area contributed by atoms with Crippen molar-refractivity contribution in [3.63, 3.8) is 0 Å². The predicted octanol–water partition coefficient (Wildman–Crippen LogP) is 1.79. The van der Waals surface area contributed by atoms with E-state index in [4.69, 9.17) is 17.0 Å². The fourth-order valence-corrected chi connectivity index (χ4v) is 2.26. The van der Waals surface area contributed by atoms with E-state index in [-0.39, 0.29) is 0 Å². The second-order valence-electron chi connectivity index (χ2n) is 5.04. The molecule has 0 aliphatic rings. The lowest BCUT2D eigenvalue weighted by molar-refractivity contribution is 0.215. The number of carbonyl (C=O) groups excluding carboxylic acids is 1. The summed E-state index contributed by atoms with van der Waals surface area (Å²) < 4.78 is 11.9. The Morgan fingerprint density at radius 1 is 1.28 bits per heavy atom. The van der Waals surface area contributed by atoms with E-state index in [0.29, 0.717) is 34.1 Å². The van der Waals surface area contributed by atoms with Crippen LogP contribution in [-0.4, -0.2) is 33.5 Å². The van der Waals surface area contributed by atoms with Crippen LogP contribution >= 0.6 is 0 Å². The summed E-state index contributed by atoms with van der Waals surface area (Å²) in [5.74, 6) is 1.19. The van der Waals surface area contributed by atoms with Crippen molar-refractivity contribution in [2.75, 3.05) is 5.32 Å². The molecule has 120 valence electrons. The highest BCUT2D eigenvalue weighted by atomic mass is 16.6. The van der Waals surface area contributed by atoms with Crippen LogP contribution in [0.3, 0.4) is 0 Å². The summed E-state index contributed by atoms with van der Waals surface area (Å²) in [6.07, 6.45) is 5.30. The number of pyridine rings is 1. The molecule has 4 aromatic rings. The van der Waals surface area contributed by atoms with Crippen molar-refractivity contribution in [1.82, 2.24) is 19.6 Å². The van der Waals surface area contributed by atoms with Gasteiger partial charge in [0, 0.05) is 18.5 Å². The molecule has 0 unspecified atom stereocenters. The molecule has 0 atom stereocenters. The van der Waals surface area contributed by atoms with E-state index in [0.717, 1.165) is 0 Å². The van der Waals surface area contributed by atoms with Crippen LogP contribution in [0.5, 0.6) is 5.75 Å². The Morgan fingerprint density at radius 2 is 2.20 bits per heavy atom. The molecule has 2 radical (unpaired) electrons. The number of aromatic nitrogens is 4. The van der Waals surface area contributed by atoms with E-state index in [9.17, 15) is 4.79 Å². The van der Waals surface area contributed by atoms with Crippen LogP contribution in [0.15, 0.2) is 59.6 Å². The minimum atomic E-state index is -0.694. The lowest BCUT2D eigenvalue weighted by atomic mass is 10.0. The highest BCUT2D eigenvalue weighted by molar-refractivity contribution is 6.36. The molecule has 25 heavy (non-hydrogen) atoms. The van der Waals surface area contributed by atoms with Crippen LogP contribution in [0.1, 0.15) is 0 Å². The molecule has 0 aliphatic heterocycles. The zero-order valence-electron chi connectivity index (χ0n) is 12.8. The second kappa shape index (κ2) is 6.12. The topological polar surface area (TPSA) is 94.5 Å². The first kappa shape index (κ1) is 14.9. The zero-order valence-corrected chi connectivity index (χ0v) is 12.8. The molecule has 9 heteroatoms. The maximum atomic E-state index is 12.2. The lowest BCUT2D eigenvalue weighted by Crippen LogP contribution is -2.19. The molecular weight excluding hydrogens is 321 g/mol. The maximum Gasteiger partial charge on any atom is 0.418 e. The highest BCUT2D eigenvalue weighted by Crippen LogP contribution is 2.22. The van der Waals surface area contributed by atoms with Gasteiger partial charge >= 0.3 is 6.09 Å². The first-order valence-electron chi connectivity index (χ1n) is 7.28. The van der Waals surface area contributed by atoms with Crippen molar-refractivity contribution in [3.8, 4) is 17.2 Å². The minimum Gasteiger partial charge on any atom is -0.463 e. The van der Waals surface area contributed by atoms with Crippen molar-refractivity contribution >= 4 is 30.9 Å². The summed E-state index contributed by atoms with van der Waals surface area (Å²) in [5, 5.41) is 6.74. The highest BCUT2D eigenvalue weighted by Gasteiger charge is 2.15. The Kier molecular flexibility index (Phi) is 3.66. The molecule has 4 aromatic heterocycles. The number of carbonyl (C=O) groups is 1. The number of nitrogens with one attached hydrogen (secondary N) is 1. The van der Waals surface area contributed by atoms with Gasteiger partial charge in [-0.3, -0.25) is 10.3 Å². The number of amides is 1. The van der Waals surface area contributed by atoms with Gasteiger partial charge < -0.3 is 9.15 Å². The Labute approximate surface area is 142 Å². The first-order valence-corrected chi connectivity index (χ1v) is 7.28. The summed E-state index contributed by atoms with van der Waals surface area (Å²) >= 11 is 0. The normalized spacial score (nSPS) is 10.7. The van der Waals surface area contributed by atoms with Crippen LogP contribution in [0.25, 0.3) is 17.1 Å². The van der Waals surface area contributed by atoms with Gasteiger partial charge in [0.2, 0.25) is 0 Å². The third-order valence-electron chi connectivity index (χ3n) is 3.35. The van der Waals surface area contributed by atoms with Crippen LogP contribution in [-0.2, 0) is 0 Å². The van der Waals surface area contributed by atoms with E-state index in [1.165, 1.54) is 23.2 Å². The standard InChI is InChI=1S/C16H10BN5O3/c17-11-9-19-22-14(21-16(23)25-10-3-1-5-18-8-10)7-12(20-15(11)22)13-4-2-6-24-13/h1-9H,(H,21,23). The van der Waals surface area contributed by atoms with E-state index in [2.05, 4.69) is 20.4 Å². The zero-order chi connectivity index (χ0) is 17.2. The largest absolute Gasteiger partial charge is 0.463 e. The molecule has 4 rings (SSSR count). The molecule has 1 amide bonds. The van der Waals surface area contributed by atoms with E-state index < -0.39 is 6.09 Å². The fourth-order valence-electron chi connectivity index (χ4n) is 2.26. The summed E-state index contributed by atoms with van der Waals surface area (Å²) in [6, 6.07) is 8.39. The van der Waals surface area contributed by atoms with Crippen molar-refractivity contribution < 1.29 is 13.9 Å². The Morgan fingerprint density at radius 3 is 2.96 bits per heavy atom. The molecule has 0 fully saturated rings. The second-order valence-corrected chi connectivity index (χ2v) is 5.04. The van der Waals surface area contributed by atoms with Crippen LogP contribution < -0.4 is 15.5 Å². The number of nitrogens with zero attached hydrogens (tertiary/aromatic N) is 4. The monoisotopic (exact) mass is 331 g/mol. The molecule has 0 bridgehead atoms. The van der Waals surface area contributed by atoms with Gasteiger partial charge in [-0.2, -0.15) is 9.61 Å². The molecule has 4 heterocycles.